The van der Waals surface area contributed by atoms with Gasteiger partial charge in [0, 0.05) is 12.2 Å². The van der Waals surface area contributed by atoms with Crippen LogP contribution in [0.1, 0.15) is 83.1 Å². The maximum absolute atomic E-state index is 11.7. The minimum Gasteiger partial charge on any atom is -0.460 e. The number of esters is 1. The fraction of sp³-hybridized carbons (Fsp3) is 0.696. The summed E-state index contributed by atoms with van der Waals surface area (Å²) in [5, 5.41) is 10.2. The zero-order valence-electron chi connectivity index (χ0n) is 16.8. The van der Waals surface area contributed by atoms with Gasteiger partial charge in [-0.1, -0.05) is 95.0 Å². The van der Waals surface area contributed by atoms with Gasteiger partial charge in [-0.15, -0.1) is 11.8 Å². The average molecular weight is 393 g/mol. The van der Waals surface area contributed by atoms with Crippen molar-refractivity contribution in [3.05, 3.63) is 35.9 Å². The van der Waals surface area contributed by atoms with Crippen molar-refractivity contribution in [2.24, 2.45) is 0 Å². The van der Waals surface area contributed by atoms with E-state index in [2.05, 4.69) is 19.1 Å². The maximum atomic E-state index is 11.7. The van der Waals surface area contributed by atoms with Gasteiger partial charge in [-0.25, -0.2) is 0 Å². The van der Waals surface area contributed by atoms with Gasteiger partial charge in [-0.05, 0) is 12.0 Å². The number of aliphatic hydroxyl groups is 1. The Morgan fingerprint density at radius 1 is 1.00 bits per heavy atom. The quantitative estimate of drug-likeness (QED) is 0.299. The lowest BCUT2D eigenvalue weighted by Gasteiger charge is -2.35. The molecule has 1 saturated heterocycles. The van der Waals surface area contributed by atoms with Crippen molar-refractivity contribution in [3.63, 3.8) is 0 Å². The van der Waals surface area contributed by atoms with E-state index in [1.54, 1.807) is 11.8 Å². The highest BCUT2D eigenvalue weighted by Crippen LogP contribution is 2.33. The summed E-state index contributed by atoms with van der Waals surface area (Å²) < 4.78 is 5.28. The van der Waals surface area contributed by atoms with Crippen molar-refractivity contribution in [1.82, 2.24) is 0 Å². The van der Waals surface area contributed by atoms with E-state index in [0.29, 0.717) is 6.42 Å². The summed E-state index contributed by atoms with van der Waals surface area (Å²) in [6.45, 7) is 2.25. The predicted molar refractivity (Wildman–Crippen MR) is 114 cm³/mol. The van der Waals surface area contributed by atoms with Crippen molar-refractivity contribution >= 4 is 17.7 Å². The topological polar surface area (TPSA) is 46.5 Å². The van der Waals surface area contributed by atoms with Gasteiger partial charge < -0.3 is 9.84 Å². The molecule has 1 aromatic rings. The third-order valence-corrected chi connectivity index (χ3v) is 6.61. The van der Waals surface area contributed by atoms with E-state index in [1.165, 1.54) is 56.9 Å². The Labute approximate surface area is 169 Å². The molecule has 1 N–H and O–H groups in total. The summed E-state index contributed by atoms with van der Waals surface area (Å²) in [4.78, 5) is 11.7. The van der Waals surface area contributed by atoms with Crippen molar-refractivity contribution in [2.45, 2.75) is 101 Å². The summed E-state index contributed by atoms with van der Waals surface area (Å²) in [6.07, 6.45) is 12.5. The highest BCUT2D eigenvalue weighted by molar-refractivity contribution is 8.00. The van der Waals surface area contributed by atoms with Gasteiger partial charge in [-0.2, -0.15) is 0 Å². The van der Waals surface area contributed by atoms with E-state index in [0.717, 1.165) is 18.6 Å². The number of ether oxygens (including phenoxy) is 1. The SMILES string of the molecule is CCCCCCCCCCC[C@H](O)C[C@@H]1OC(=O)[C@H]1SCc1ccccc1. The molecule has 4 heteroatoms. The minimum atomic E-state index is -0.354. The van der Waals surface area contributed by atoms with Crippen LogP contribution in [0.5, 0.6) is 0 Å². The third kappa shape index (κ3) is 8.69. The van der Waals surface area contributed by atoms with Crippen LogP contribution >= 0.6 is 11.8 Å². The molecule has 1 heterocycles. The Balaban J connectivity index is 1.52. The van der Waals surface area contributed by atoms with Gasteiger partial charge >= 0.3 is 5.97 Å². The van der Waals surface area contributed by atoms with Gasteiger partial charge in [0.2, 0.25) is 0 Å². The summed E-state index contributed by atoms with van der Waals surface area (Å²) >= 11 is 1.63. The van der Waals surface area contributed by atoms with E-state index in [4.69, 9.17) is 4.74 Å². The molecule has 0 saturated carbocycles. The van der Waals surface area contributed by atoms with Crippen molar-refractivity contribution < 1.29 is 14.6 Å². The molecule has 0 spiro atoms. The fourth-order valence-electron chi connectivity index (χ4n) is 3.54. The normalized spacial score (nSPS) is 20.1. The molecular weight excluding hydrogens is 356 g/mol. The van der Waals surface area contributed by atoms with Crippen LogP contribution in [0.15, 0.2) is 30.3 Å². The molecule has 1 aromatic carbocycles. The van der Waals surface area contributed by atoms with Gasteiger partial charge in [-0.3, -0.25) is 4.79 Å². The number of thioether (sulfide) groups is 1. The predicted octanol–water partition coefficient (Wildman–Crippen LogP) is 5.89. The molecule has 3 atom stereocenters. The summed E-state index contributed by atoms with van der Waals surface area (Å²) in [6, 6.07) is 10.2. The Morgan fingerprint density at radius 3 is 2.26 bits per heavy atom. The van der Waals surface area contributed by atoms with Gasteiger partial charge in [0.05, 0.1) is 6.10 Å². The first-order chi connectivity index (χ1) is 13.2. The van der Waals surface area contributed by atoms with Crippen LogP contribution in [0, 0.1) is 0 Å². The van der Waals surface area contributed by atoms with E-state index in [9.17, 15) is 9.90 Å². The van der Waals surface area contributed by atoms with Crippen LogP contribution in [0.25, 0.3) is 0 Å². The monoisotopic (exact) mass is 392 g/mol. The Bertz CT molecular complexity index is 520. The Hall–Kier alpha value is -1.00. The second-order valence-corrected chi connectivity index (χ2v) is 8.83. The Kier molecular flexibility index (Phi) is 10.9. The molecule has 152 valence electrons. The summed E-state index contributed by atoms with van der Waals surface area (Å²) in [5.74, 6) is 0.682. The number of benzene rings is 1. The number of carbonyl (C=O) groups excluding carboxylic acids is 1. The average Bonchev–Trinajstić information content (AvgIpc) is 2.67. The molecule has 0 amide bonds. The molecule has 2 rings (SSSR count). The van der Waals surface area contributed by atoms with Crippen molar-refractivity contribution in [2.75, 3.05) is 0 Å². The van der Waals surface area contributed by atoms with E-state index in [-0.39, 0.29) is 23.4 Å². The molecular formula is C23H36O3S. The molecule has 1 fully saturated rings. The summed E-state index contributed by atoms with van der Waals surface area (Å²) in [5.41, 5.74) is 1.22. The number of hydrogen-bond acceptors (Lipinski definition) is 4. The molecule has 27 heavy (non-hydrogen) atoms. The first-order valence-electron chi connectivity index (χ1n) is 10.7. The molecule has 0 aromatic heterocycles. The molecule has 3 nitrogen and oxygen atoms in total. The van der Waals surface area contributed by atoms with Gasteiger partial charge in [0.1, 0.15) is 11.4 Å². The number of cyclic esters (lactones) is 1. The number of rotatable bonds is 15. The van der Waals surface area contributed by atoms with Gasteiger partial charge in [0.15, 0.2) is 0 Å². The molecule has 0 aliphatic carbocycles. The van der Waals surface area contributed by atoms with E-state index >= 15 is 0 Å². The summed E-state index contributed by atoms with van der Waals surface area (Å²) in [7, 11) is 0. The number of aliphatic hydroxyl groups excluding tert-OH is 1. The van der Waals surface area contributed by atoms with Crippen LogP contribution in [0.3, 0.4) is 0 Å². The van der Waals surface area contributed by atoms with E-state index < -0.39 is 0 Å². The highest BCUT2D eigenvalue weighted by atomic mass is 32.2. The fourth-order valence-corrected chi connectivity index (χ4v) is 4.68. The van der Waals surface area contributed by atoms with Crippen LogP contribution in [-0.4, -0.2) is 28.5 Å². The Morgan fingerprint density at radius 2 is 1.63 bits per heavy atom. The number of hydrogen-bond donors (Lipinski definition) is 1. The number of unbranched alkanes of at least 4 members (excludes halogenated alkanes) is 8. The van der Waals surface area contributed by atoms with Crippen molar-refractivity contribution in [1.29, 1.82) is 0 Å². The maximum Gasteiger partial charge on any atom is 0.323 e. The van der Waals surface area contributed by atoms with Crippen LogP contribution in [-0.2, 0) is 15.3 Å². The smallest absolute Gasteiger partial charge is 0.323 e. The molecule has 1 aliphatic heterocycles. The first-order valence-corrected chi connectivity index (χ1v) is 11.8. The van der Waals surface area contributed by atoms with Crippen LogP contribution in [0.4, 0.5) is 0 Å². The van der Waals surface area contributed by atoms with Gasteiger partial charge in [0.25, 0.3) is 0 Å². The standard InChI is InChI=1S/C23H36O3S/c1-2-3-4-5-6-7-8-9-13-16-20(24)17-21-22(23(25)26-21)27-18-19-14-11-10-12-15-19/h10-12,14-15,20-22,24H,2-9,13,16-18H2,1H3/t20-,21-,22-/m0/s1. The van der Waals surface area contributed by atoms with Crippen LogP contribution < -0.4 is 0 Å². The molecule has 0 bridgehead atoms. The third-order valence-electron chi connectivity index (χ3n) is 5.26. The lowest BCUT2D eigenvalue weighted by atomic mass is 9.99. The second kappa shape index (κ2) is 13.2. The lowest BCUT2D eigenvalue weighted by molar-refractivity contribution is -0.169. The first kappa shape index (κ1) is 22.3. The molecule has 0 radical (unpaired) electrons. The largest absolute Gasteiger partial charge is 0.460 e. The zero-order chi connectivity index (χ0) is 19.3. The van der Waals surface area contributed by atoms with Crippen molar-refractivity contribution in [3.8, 4) is 0 Å². The molecule has 1 aliphatic rings. The lowest BCUT2D eigenvalue weighted by Crippen LogP contribution is -2.49. The highest BCUT2D eigenvalue weighted by Gasteiger charge is 2.43. The zero-order valence-corrected chi connectivity index (χ0v) is 17.6. The van der Waals surface area contributed by atoms with E-state index in [1.807, 2.05) is 18.2 Å². The second-order valence-electron chi connectivity index (χ2n) is 7.70. The van der Waals surface area contributed by atoms with Crippen LogP contribution in [0.2, 0.25) is 0 Å². The minimum absolute atomic E-state index is 0.122. The number of carbonyl (C=O) groups is 1. The molecule has 0 unspecified atom stereocenters.